The number of carbonyl (C=O) groups excluding carboxylic acids is 1. The van der Waals surface area contributed by atoms with E-state index in [9.17, 15) is 18.0 Å². The molecule has 3 rings (SSSR count). The van der Waals surface area contributed by atoms with Crippen LogP contribution in [0.1, 0.15) is 35.5 Å². The van der Waals surface area contributed by atoms with Crippen molar-refractivity contribution in [3.05, 3.63) is 71.9 Å². The van der Waals surface area contributed by atoms with Gasteiger partial charge in [-0.05, 0) is 43.7 Å². The van der Waals surface area contributed by atoms with Gasteiger partial charge in [-0.2, -0.15) is 13.2 Å². The first-order chi connectivity index (χ1) is 13.6. The zero-order chi connectivity index (χ0) is 21.2. The van der Waals surface area contributed by atoms with Crippen molar-refractivity contribution in [3.8, 4) is 11.3 Å². The SMILES string of the molecule is CC(C)N(Cc1ccnc(-c2ccc(C(F)(F)F)cc2)c1)C(=O)c1cn(C)cn1. The summed E-state index contributed by atoms with van der Waals surface area (Å²) in [5, 5.41) is 0. The molecule has 0 N–H and O–H groups in total. The fraction of sp³-hybridized carbons (Fsp3) is 0.286. The number of carbonyl (C=O) groups is 1. The molecule has 0 radical (unpaired) electrons. The smallest absolute Gasteiger partial charge is 0.340 e. The second kappa shape index (κ2) is 8.06. The summed E-state index contributed by atoms with van der Waals surface area (Å²) in [4.78, 5) is 22.9. The first-order valence-electron chi connectivity index (χ1n) is 9.06. The maximum Gasteiger partial charge on any atom is 0.416 e. The van der Waals surface area contributed by atoms with Crippen LogP contribution >= 0.6 is 0 Å². The Bertz CT molecular complexity index is 994. The molecular formula is C21H21F3N4O. The molecule has 0 aliphatic heterocycles. The first kappa shape index (κ1) is 20.6. The molecule has 0 aliphatic carbocycles. The van der Waals surface area contributed by atoms with Gasteiger partial charge in [-0.1, -0.05) is 12.1 Å². The third kappa shape index (κ3) is 4.82. The minimum absolute atomic E-state index is 0.0628. The zero-order valence-electron chi connectivity index (χ0n) is 16.3. The van der Waals surface area contributed by atoms with Crippen molar-refractivity contribution in [1.29, 1.82) is 0 Å². The van der Waals surface area contributed by atoms with Gasteiger partial charge in [0.1, 0.15) is 5.69 Å². The molecule has 0 fully saturated rings. The lowest BCUT2D eigenvalue weighted by Crippen LogP contribution is -2.36. The third-order valence-corrected chi connectivity index (χ3v) is 4.49. The van der Waals surface area contributed by atoms with Crippen LogP contribution in [0.25, 0.3) is 11.3 Å². The number of hydrogen-bond acceptors (Lipinski definition) is 3. The van der Waals surface area contributed by atoms with Crippen LogP contribution in [-0.2, 0) is 19.8 Å². The number of pyridine rings is 1. The van der Waals surface area contributed by atoms with E-state index in [0.717, 1.165) is 17.7 Å². The average molecular weight is 402 g/mol. The molecular weight excluding hydrogens is 381 g/mol. The van der Waals surface area contributed by atoms with Crippen LogP contribution in [0.3, 0.4) is 0 Å². The lowest BCUT2D eigenvalue weighted by Gasteiger charge is -2.26. The summed E-state index contributed by atoms with van der Waals surface area (Å²) in [6, 6.07) is 8.37. The van der Waals surface area contributed by atoms with E-state index < -0.39 is 11.7 Å². The maximum atomic E-state index is 12.8. The van der Waals surface area contributed by atoms with E-state index in [-0.39, 0.29) is 11.9 Å². The molecule has 0 aliphatic rings. The average Bonchev–Trinajstić information content (AvgIpc) is 3.11. The first-order valence-corrected chi connectivity index (χ1v) is 9.06. The van der Waals surface area contributed by atoms with Gasteiger partial charge in [-0.25, -0.2) is 4.98 Å². The highest BCUT2D eigenvalue weighted by molar-refractivity contribution is 5.92. The van der Waals surface area contributed by atoms with Crippen LogP contribution in [0.4, 0.5) is 13.2 Å². The minimum atomic E-state index is -4.38. The predicted octanol–water partition coefficient (Wildman–Crippen LogP) is 4.55. The molecule has 0 saturated heterocycles. The lowest BCUT2D eigenvalue weighted by molar-refractivity contribution is -0.137. The number of rotatable bonds is 5. The molecule has 8 heteroatoms. The molecule has 0 saturated carbocycles. The van der Waals surface area contributed by atoms with E-state index >= 15 is 0 Å². The second-order valence-corrected chi connectivity index (χ2v) is 7.08. The van der Waals surface area contributed by atoms with Crippen LogP contribution < -0.4 is 0 Å². The summed E-state index contributed by atoms with van der Waals surface area (Å²) in [5.41, 5.74) is 1.60. The van der Waals surface area contributed by atoms with Crippen LogP contribution in [0, 0.1) is 0 Å². The fourth-order valence-corrected chi connectivity index (χ4v) is 2.92. The van der Waals surface area contributed by atoms with Crippen molar-refractivity contribution >= 4 is 5.91 Å². The number of aryl methyl sites for hydroxylation is 1. The van der Waals surface area contributed by atoms with Crippen LogP contribution in [0.5, 0.6) is 0 Å². The Labute approximate surface area is 166 Å². The van der Waals surface area contributed by atoms with Crippen molar-refractivity contribution in [1.82, 2.24) is 19.4 Å². The molecule has 5 nitrogen and oxygen atoms in total. The summed E-state index contributed by atoms with van der Waals surface area (Å²) < 4.78 is 40.0. The number of hydrogen-bond donors (Lipinski definition) is 0. The third-order valence-electron chi connectivity index (χ3n) is 4.49. The molecule has 0 spiro atoms. The molecule has 0 atom stereocenters. The Hall–Kier alpha value is -3.16. The molecule has 1 aromatic carbocycles. The monoisotopic (exact) mass is 402 g/mol. The molecule has 29 heavy (non-hydrogen) atoms. The molecule has 0 unspecified atom stereocenters. The summed E-state index contributed by atoms with van der Waals surface area (Å²) >= 11 is 0. The molecule has 0 bridgehead atoms. The quantitative estimate of drug-likeness (QED) is 0.629. The fourth-order valence-electron chi connectivity index (χ4n) is 2.92. The highest BCUT2D eigenvalue weighted by Gasteiger charge is 2.30. The van der Waals surface area contributed by atoms with Crippen molar-refractivity contribution in [2.45, 2.75) is 32.6 Å². The van der Waals surface area contributed by atoms with Gasteiger partial charge in [-0.15, -0.1) is 0 Å². The molecule has 1 amide bonds. The summed E-state index contributed by atoms with van der Waals surface area (Å²) in [6.45, 7) is 4.17. The molecule has 2 heterocycles. The topological polar surface area (TPSA) is 51.0 Å². The minimum Gasteiger partial charge on any atom is -0.340 e. The highest BCUT2D eigenvalue weighted by Crippen LogP contribution is 2.30. The lowest BCUT2D eigenvalue weighted by atomic mass is 10.1. The number of benzene rings is 1. The van der Waals surface area contributed by atoms with E-state index in [0.29, 0.717) is 23.5 Å². The standard InChI is InChI=1S/C21H21F3N4O/c1-14(2)28(20(29)19-12-27(3)13-26-19)11-15-8-9-25-18(10-15)16-4-6-17(7-5-16)21(22,23)24/h4-10,12-14H,11H2,1-3H3. The van der Waals surface area contributed by atoms with Crippen molar-refractivity contribution < 1.29 is 18.0 Å². The van der Waals surface area contributed by atoms with E-state index in [1.54, 1.807) is 47.4 Å². The number of imidazole rings is 1. The predicted molar refractivity (Wildman–Crippen MR) is 103 cm³/mol. The largest absolute Gasteiger partial charge is 0.416 e. The van der Waals surface area contributed by atoms with Gasteiger partial charge in [-0.3, -0.25) is 9.78 Å². The van der Waals surface area contributed by atoms with Crippen LogP contribution in [0.15, 0.2) is 55.1 Å². The van der Waals surface area contributed by atoms with Crippen molar-refractivity contribution in [2.75, 3.05) is 0 Å². The zero-order valence-corrected chi connectivity index (χ0v) is 16.3. The van der Waals surface area contributed by atoms with Crippen LogP contribution in [0.2, 0.25) is 0 Å². The summed E-state index contributed by atoms with van der Waals surface area (Å²) in [6.07, 6.45) is 0.447. The number of alkyl halides is 3. The Kier molecular flexibility index (Phi) is 5.72. The number of aromatic nitrogens is 3. The van der Waals surface area contributed by atoms with E-state index in [2.05, 4.69) is 9.97 Å². The number of halogens is 3. The molecule has 152 valence electrons. The van der Waals surface area contributed by atoms with Gasteiger partial charge in [0.25, 0.3) is 5.91 Å². The Morgan fingerprint density at radius 3 is 2.38 bits per heavy atom. The maximum absolute atomic E-state index is 12.8. The number of nitrogens with zero attached hydrogens (tertiary/aromatic N) is 4. The summed E-state index contributed by atoms with van der Waals surface area (Å²) in [7, 11) is 1.79. The highest BCUT2D eigenvalue weighted by atomic mass is 19.4. The number of amides is 1. The normalized spacial score (nSPS) is 11.7. The van der Waals surface area contributed by atoms with Gasteiger partial charge >= 0.3 is 6.18 Å². The Morgan fingerprint density at radius 1 is 1.14 bits per heavy atom. The molecule has 2 aromatic heterocycles. The Balaban J connectivity index is 1.83. The van der Waals surface area contributed by atoms with Gasteiger partial charge < -0.3 is 9.47 Å². The second-order valence-electron chi connectivity index (χ2n) is 7.08. The van der Waals surface area contributed by atoms with Crippen molar-refractivity contribution in [3.63, 3.8) is 0 Å². The van der Waals surface area contributed by atoms with Crippen molar-refractivity contribution in [2.24, 2.45) is 7.05 Å². The van der Waals surface area contributed by atoms with E-state index in [1.165, 1.54) is 12.1 Å². The van der Waals surface area contributed by atoms with Gasteiger partial charge in [0, 0.05) is 37.6 Å². The molecule has 3 aromatic rings. The summed E-state index contributed by atoms with van der Waals surface area (Å²) in [5.74, 6) is -0.187. The van der Waals surface area contributed by atoms with Crippen LogP contribution in [-0.4, -0.2) is 31.4 Å². The van der Waals surface area contributed by atoms with Gasteiger partial charge in [0.15, 0.2) is 0 Å². The van der Waals surface area contributed by atoms with E-state index in [1.807, 2.05) is 13.8 Å². The Morgan fingerprint density at radius 2 is 1.83 bits per heavy atom. The van der Waals surface area contributed by atoms with Gasteiger partial charge in [0.05, 0.1) is 17.6 Å². The van der Waals surface area contributed by atoms with Gasteiger partial charge in [0.2, 0.25) is 0 Å². The van der Waals surface area contributed by atoms with E-state index in [4.69, 9.17) is 0 Å².